The number of hydrogen-bond donors (Lipinski definition) is 1. The number of pyridine rings is 1. The number of rotatable bonds is 14. The standard InChI is InChI=1S/C31H33NO8/c1-21(20-36-2)24(26-19-23(30(34)38-4)9-11-27(26)37-3)10-12-29(40-31(35)22-13-15-32-16-14-22)25-7-5-6-8-28(25)39-18-17-33/h5-11,13-16,19,29,33H,1,12,17-18,20H2,2-4H3/b24-10-/t29-/m0/s1. The molecule has 9 nitrogen and oxygen atoms in total. The van der Waals surface area contributed by atoms with Crippen molar-refractivity contribution in [2.24, 2.45) is 0 Å². The lowest BCUT2D eigenvalue weighted by molar-refractivity contribution is 0.0296. The lowest BCUT2D eigenvalue weighted by Gasteiger charge is -2.21. The van der Waals surface area contributed by atoms with Gasteiger partial charge in [0.05, 0.1) is 38.6 Å². The largest absolute Gasteiger partial charge is 0.496 e. The molecule has 0 spiro atoms. The van der Waals surface area contributed by atoms with Gasteiger partial charge in [-0.3, -0.25) is 4.98 Å². The molecule has 0 fully saturated rings. The zero-order valence-electron chi connectivity index (χ0n) is 22.8. The third kappa shape index (κ3) is 7.78. The van der Waals surface area contributed by atoms with Crippen LogP contribution in [0.3, 0.4) is 0 Å². The van der Waals surface area contributed by atoms with Crippen molar-refractivity contribution < 1.29 is 38.4 Å². The van der Waals surface area contributed by atoms with Crippen molar-refractivity contribution in [2.75, 3.05) is 41.2 Å². The highest BCUT2D eigenvalue weighted by molar-refractivity contribution is 5.93. The van der Waals surface area contributed by atoms with Crippen LogP contribution in [0.25, 0.3) is 5.57 Å². The highest BCUT2D eigenvalue weighted by Crippen LogP contribution is 2.36. The van der Waals surface area contributed by atoms with Crippen LogP contribution in [0, 0.1) is 0 Å². The van der Waals surface area contributed by atoms with E-state index in [0.29, 0.717) is 44.9 Å². The van der Waals surface area contributed by atoms with Crippen LogP contribution in [0.1, 0.15) is 44.4 Å². The second kappa shape index (κ2) is 15.2. The van der Waals surface area contributed by atoms with Gasteiger partial charge < -0.3 is 28.8 Å². The zero-order valence-corrected chi connectivity index (χ0v) is 22.8. The van der Waals surface area contributed by atoms with Crippen molar-refractivity contribution in [1.29, 1.82) is 0 Å². The number of aliphatic hydroxyl groups excluding tert-OH is 1. The van der Waals surface area contributed by atoms with Gasteiger partial charge in [0.2, 0.25) is 0 Å². The second-order valence-corrected chi connectivity index (χ2v) is 8.54. The van der Waals surface area contributed by atoms with E-state index in [1.807, 2.05) is 12.1 Å². The summed E-state index contributed by atoms with van der Waals surface area (Å²) >= 11 is 0. The second-order valence-electron chi connectivity index (χ2n) is 8.54. The molecule has 2 aromatic carbocycles. The Kier molecular flexibility index (Phi) is 11.4. The maximum Gasteiger partial charge on any atom is 0.338 e. The molecule has 0 aliphatic heterocycles. The molecule has 210 valence electrons. The van der Waals surface area contributed by atoms with Gasteiger partial charge in [0.25, 0.3) is 0 Å². The topological polar surface area (TPSA) is 113 Å². The Morgan fingerprint density at radius 2 is 1.73 bits per heavy atom. The number of carbonyl (C=O) groups excluding carboxylic acids is 2. The van der Waals surface area contributed by atoms with E-state index in [2.05, 4.69) is 11.6 Å². The molecule has 0 saturated heterocycles. The summed E-state index contributed by atoms with van der Waals surface area (Å²) < 4.78 is 27.6. The lowest BCUT2D eigenvalue weighted by Crippen LogP contribution is -2.14. The van der Waals surface area contributed by atoms with E-state index in [-0.39, 0.29) is 26.2 Å². The fourth-order valence-corrected chi connectivity index (χ4v) is 4.04. The first-order valence-corrected chi connectivity index (χ1v) is 12.5. The predicted octanol–water partition coefficient (Wildman–Crippen LogP) is 4.82. The van der Waals surface area contributed by atoms with Crippen LogP contribution in [0.5, 0.6) is 11.5 Å². The van der Waals surface area contributed by atoms with Crippen LogP contribution < -0.4 is 9.47 Å². The first-order valence-electron chi connectivity index (χ1n) is 12.5. The van der Waals surface area contributed by atoms with E-state index in [0.717, 1.165) is 0 Å². The summed E-state index contributed by atoms with van der Waals surface area (Å²) in [4.78, 5) is 29.3. The average Bonchev–Trinajstić information content (AvgIpc) is 2.99. The number of para-hydroxylation sites is 1. The van der Waals surface area contributed by atoms with E-state index in [1.54, 1.807) is 55.6 Å². The Balaban J connectivity index is 2.10. The Labute approximate surface area is 233 Å². The number of hydrogen-bond acceptors (Lipinski definition) is 9. The van der Waals surface area contributed by atoms with Gasteiger partial charge in [-0.1, -0.05) is 30.9 Å². The molecule has 0 unspecified atom stereocenters. The van der Waals surface area contributed by atoms with Crippen LogP contribution in [-0.2, 0) is 14.2 Å². The minimum atomic E-state index is -0.782. The van der Waals surface area contributed by atoms with E-state index in [9.17, 15) is 14.7 Å². The molecule has 0 saturated carbocycles. The number of ether oxygens (including phenoxy) is 5. The van der Waals surface area contributed by atoms with Crippen molar-refractivity contribution in [3.8, 4) is 11.5 Å². The van der Waals surface area contributed by atoms with Crippen LogP contribution in [0.4, 0.5) is 0 Å². The third-order valence-corrected chi connectivity index (χ3v) is 5.93. The molecular weight excluding hydrogens is 514 g/mol. The van der Waals surface area contributed by atoms with Crippen LogP contribution in [0.2, 0.25) is 0 Å². The summed E-state index contributed by atoms with van der Waals surface area (Å²) in [5.41, 5.74) is 3.14. The summed E-state index contributed by atoms with van der Waals surface area (Å²) in [6, 6.07) is 15.2. The molecule has 0 bridgehead atoms. The monoisotopic (exact) mass is 547 g/mol. The van der Waals surface area contributed by atoms with Crippen molar-refractivity contribution in [2.45, 2.75) is 12.5 Å². The molecule has 1 atom stereocenters. The summed E-state index contributed by atoms with van der Waals surface area (Å²) in [6.45, 7) is 4.28. The Bertz CT molecular complexity index is 1340. The smallest absolute Gasteiger partial charge is 0.338 e. The molecular formula is C31H33NO8. The highest BCUT2D eigenvalue weighted by atomic mass is 16.5. The van der Waals surface area contributed by atoms with E-state index < -0.39 is 18.0 Å². The van der Waals surface area contributed by atoms with E-state index in [4.69, 9.17) is 23.7 Å². The lowest BCUT2D eigenvalue weighted by atomic mass is 9.94. The summed E-state index contributed by atoms with van der Waals surface area (Å²) in [7, 11) is 4.39. The molecule has 1 aromatic heterocycles. The van der Waals surface area contributed by atoms with Crippen LogP contribution >= 0.6 is 0 Å². The average molecular weight is 548 g/mol. The van der Waals surface area contributed by atoms with Crippen molar-refractivity contribution in [3.63, 3.8) is 0 Å². The minimum Gasteiger partial charge on any atom is -0.496 e. The number of aliphatic hydroxyl groups is 1. The Morgan fingerprint density at radius 1 is 0.975 bits per heavy atom. The maximum atomic E-state index is 13.1. The Morgan fingerprint density at radius 3 is 2.40 bits per heavy atom. The molecule has 3 aromatic rings. The molecule has 0 aliphatic carbocycles. The van der Waals surface area contributed by atoms with Gasteiger partial charge in [0, 0.05) is 37.1 Å². The number of benzene rings is 2. The number of esters is 2. The molecule has 0 radical (unpaired) electrons. The van der Waals surface area contributed by atoms with E-state index >= 15 is 0 Å². The van der Waals surface area contributed by atoms with Gasteiger partial charge in [-0.15, -0.1) is 0 Å². The molecule has 0 amide bonds. The maximum absolute atomic E-state index is 13.1. The number of carbonyl (C=O) groups is 2. The van der Waals surface area contributed by atoms with Gasteiger partial charge in [-0.05, 0) is 47.5 Å². The van der Waals surface area contributed by atoms with E-state index in [1.165, 1.54) is 26.6 Å². The minimum absolute atomic E-state index is 0.0747. The van der Waals surface area contributed by atoms with Crippen molar-refractivity contribution >= 4 is 17.5 Å². The number of methoxy groups -OCH3 is 3. The number of aromatic nitrogens is 1. The zero-order chi connectivity index (χ0) is 28.9. The molecule has 9 heteroatoms. The molecule has 3 rings (SSSR count). The molecule has 40 heavy (non-hydrogen) atoms. The van der Waals surface area contributed by atoms with Crippen LogP contribution in [-0.4, -0.2) is 63.2 Å². The fraction of sp³-hybridized carbons (Fsp3) is 0.258. The first kappa shape index (κ1) is 30.1. The molecule has 0 aliphatic rings. The van der Waals surface area contributed by atoms with Crippen molar-refractivity contribution in [3.05, 3.63) is 107 Å². The third-order valence-electron chi connectivity index (χ3n) is 5.93. The van der Waals surface area contributed by atoms with Gasteiger partial charge in [0.1, 0.15) is 24.2 Å². The fourth-order valence-electron chi connectivity index (χ4n) is 4.04. The number of nitrogens with zero attached hydrogens (tertiary/aromatic N) is 1. The first-order chi connectivity index (χ1) is 19.4. The van der Waals surface area contributed by atoms with Gasteiger partial charge >= 0.3 is 11.9 Å². The summed E-state index contributed by atoms with van der Waals surface area (Å²) in [5.74, 6) is -0.0618. The summed E-state index contributed by atoms with van der Waals surface area (Å²) in [6.07, 6.45) is 4.30. The summed E-state index contributed by atoms with van der Waals surface area (Å²) in [5, 5.41) is 9.30. The SMILES string of the molecule is C=C(COC)/C(=C/C[C@H](OC(=O)c1ccncc1)c1ccccc1OCCO)c1cc(C(=O)OC)ccc1OC. The van der Waals surface area contributed by atoms with Crippen LogP contribution in [0.15, 0.2) is 85.2 Å². The quantitative estimate of drug-likeness (QED) is 0.224. The van der Waals surface area contributed by atoms with Gasteiger partial charge in [0.15, 0.2) is 0 Å². The molecule has 1 N–H and O–H groups in total. The predicted molar refractivity (Wildman–Crippen MR) is 149 cm³/mol. The Hall–Kier alpha value is -4.47. The van der Waals surface area contributed by atoms with Gasteiger partial charge in [-0.25, -0.2) is 9.59 Å². The van der Waals surface area contributed by atoms with Crippen molar-refractivity contribution in [1.82, 2.24) is 4.98 Å². The highest BCUT2D eigenvalue weighted by Gasteiger charge is 2.23. The normalized spacial score (nSPS) is 11.8. The van der Waals surface area contributed by atoms with Gasteiger partial charge in [-0.2, -0.15) is 0 Å². The molecule has 1 heterocycles.